The normalized spacial score (nSPS) is 13.8. The number of halogens is 4. The molecule has 3 nitrogen and oxygen atoms in total. The zero-order valence-corrected chi connectivity index (χ0v) is 25.8. The molecule has 0 saturated carbocycles. The molecule has 0 unspecified atom stereocenters. The molecule has 8 heteroatoms. The van der Waals surface area contributed by atoms with Crippen LogP contribution in [0.15, 0.2) is 80.4 Å². The maximum atomic E-state index is 13.5. The van der Waals surface area contributed by atoms with Crippen LogP contribution in [-0.2, 0) is 4.79 Å². The van der Waals surface area contributed by atoms with E-state index in [1.54, 1.807) is 44.3 Å². The number of aromatic nitrogens is 1. The van der Waals surface area contributed by atoms with Crippen LogP contribution in [-0.4, -0.2) is 22.7 Å². The van der Waals surface area contributed by atoms with E-state index < -0.39 is 17.5 Å². The highest BCUT2D eigenvalue weighted by atomic mass is 79.9. The lowest BCUT2D eigenvalue weighted by atomic mass is 10.00. The summed E-state index contributed by atoms with van der Waals surface area (Å²) in [6.45, 7) is 19.3. The predicted molar refractivity (Wildman–Crippen MR) is 166 cm³/mol. The average molecular weight is 618 g/mol. The van der Waals surface area contributed by atoms with Crippen molar-refractivity contribution < 1.29 is 18.0 Å². The highest BCUT2D eigenvalue weighted by Gasteiger charge is 2.36. The molecule has 214 valence electrons. The van der Waals surface area contributed by atoms with Crippen molar-refractivity contribution in [1.29, 1.82) is 0 Å². The molecule has 0 fully saturated rings. The zero-order chi connectivity index (χ0) is 29.2. The fourth-order valence-electron chi connectivity index (χ4n) is 2.92. The second-order valence-corrected chi connectivity index (χ2v) is 9.30. The molecule has 0 aliphatic heterocycles. The zero-order valence-electron chi connectivity index (χ0n) is 23.4. The van der Waals surface area contributed by atoms with Gasteiger partial charge in [0.05, 0.1) is 11.3 Å². The van der Waals surface area contributed by atoms with Crippen molar-refractivity contribution in [2.45, 2.75) is 88.8 Å². The van der Waals surface area contributed by atoms with Gasteiger partial charge in [0.2, 0.25) is 0 Å². The Hall–Kier alpha value is -2.32. The summed E-state index contributed by atoms with van der Waals surface area (Å²) in [7, 11) is 0. The third-order valence-electron chi connectivity index (χ3n) is 4.65. The molecule has 1 aromatic heterocycles. The second kappa shape index (κ2) is 21.6. The molecule has 38 heavy (non-hydrogen) atoms. The highest BCUT2D eigenvalue weighted by Crippen LogP contribution is 2.30. The standard InChI is InChI=1S/C18H21BrF3NO.C9H13NS.C2H6.CH4/c1-7-14(8-2)15(9-3)10-16(18(20,21)22)12(5)23-17(11(4)19)13(6)24;1-3-5-8(4-2)9-10-6-7-11-9;1-2;/h7-10H,1H2,2-6H3;5-7H,3-4H2,1-2H3;1-2H3;1H4/b14-8+,15-9+,16-10+,17-11+,23-12-;8-5+;;. The van der Waals surface area contributed by atoms with E-state index in [2.05, 4.69) is 52.4 Å². The fourth-order valence-corrected chi connectivity index (χ4v) is 4.04. The number of Topliss-reactive ketones (excluding diaryl/α,β-unsaturated/α-hetero) is 1. The van der Waals surface area contributed by atoms with Crippen LogP contribution in [0.3, 0.4) is 0 Å². The largest absolute Gasteiger partial charge is 0.418 e. The van der Waals surface area contributed by atoms with Crippen LogP contribution in [0.1, 0.15) is 87.6 Å². The first-order chi connectivity index (χ1) is 17.4. The maximum Gasteiger partial charge on any atom is 0.418 e. The monoisotopic (exact) mass is 616 g/mol. The minimum Gasteiger partial charge on any atom is -0.293 e. The van der Waals surface area contributed by atoms with Gasteiger partial charge in [0, 0.05) is 23.0 Å². The predicted octanol–water partition coefficient (Wildman–Crippen LogP) is 11.2. The molecule has 0 N–H and O–H groups in total. The topological polar surface area (TPSA) is 42.3 Å². The molecule has 0 aliphatic carbocycles. The van der Waals surface area contributed by atoms with Crippen molar-refractivity contribution in [3.8, 4) is 0 Å². The molecule has 1 heterocycles. The molecule has 0 aliphatic rings. The Bertz CT molecular complexity index is 1040. The third kappa shape index (κ3) is 14.6. The molecule has 0 amide bonds. The number of alkyl halides is 3. The number of thiazole rings is 1. The minimum absolute atomic E-state index is 0. The molecule has 0 saturated heterocycles. The average Bonchev–Trinajstić information content (AvgIpc) is 3.38. The van der Waals surface area contributed by atoms with Crippen LogP contribution >= 0.6 is 27.3 Å². The number of hydrogen-bond acceptors (Lipinski definition) is 4. The van der Waals surface area contributed by atoms with Gasteiger partial charge in [-0.05, 0) is 63.3 Å². The van der Waals surface area contributed by atoms with Crippen LogP contribution in [0.25, 0.3) is 5.57 Å². The number of carbonyl (C=O) groups excluding carboxylic acids is 1. The van der Waals surface area contributed by atoms with Crippen molar-refractivity contribution in [2.75, 3.05) is 0 Å². The van der Waals surface area contributed by atoms with E-state index in [1.807, 2.05) is 25.4 Å². The molecule has 1 aromatic rings. The minimum atomic E-state index is -4.61. The number of allylic oxidation sites excluding steroid dienone is 11. The number of rotatable bonds is 9. The molecule has 0 bridgehead atoms. The quantitative estimate of drug-likeness (QED) is 0.157. The van der Waals surface area contributed by atoms with E-state index in [1.165, 1.54) is 30.5 Å². The molecule has 0 aromatic carbocycles. The van der Waals surface area contributed by atoms with E-state index in [4.69, 9.17) is 0 Å². The van der Waals surface area contributed by atoms with Crippen LogP contribution in [0.4, 0.5) is 13.2 Å². The van der Waals surface area contributed by atoms with Gasteiger partial charge in [-0.15, -0.1) is 11.3 Å². The van der Waals surface area contributed by atoms with E-state index in [0.717, 1.165) is 18.9 Å². The number of aliphatic imine (C=N–C) groups is 1. The first-order valence-corrected chi connectivity index (χ1v) is 13.8. The van der Waals surface area contributed by atoms with Gasteiger partial charge in [-0.3, -0.25) is 4.79 Å². The highest BCUT2D eigenvalue weighted by molar-refractivity contribution is 9.11. The summed E-state index contributed by atoms with van der Waals surface area (Å²) in [5, 5.41) is 3.20. The van der Waals surface area contributed by atoms with Crippen LogP contribution < -0.4 is 0 Å². The lowest BCUT2D eigenvalue weighted by Crippen LogP contribution is -2.19. The smallest absolute Gasteiger partial charge is 0.293 e. The molecule has 0 atom stereocenters. The van der Waals surface area contributed by atoms with E-state index in [0.29, 0.717) is 15.6 Å². The van der Waals surface area contributed by atoms with Crippen molar-refractivity contribution in [2.24, 2.45) is 4.99 Å². The van der Waals surface area contributed by atoms with Gasteiger partial charge >= 0.3 is 6.18 Å². The molecule has 0 radical (unpaired) electrons. The van der Waals surface area contributed by atoms with Crippen molar-refractivity contribution in [3.63, 3.8) is 0 Å². The first kappa shape index (κ1) is 40.2. The Morgan fingerprint density at radius 1 is 1.13 bits per heavy atom. The van der Waals surface area contributed by atoms with Crippen molar-refractivity contribution >= 4 is 44.3 Å². The summed E-state index contributed by atoms with van der Waals surface area (Å²) in [6.07, 6.45) is 7.41. The summed E-state index contributed by atoms with van der Waals surface area (Å²) in [6, 6.07) is 0. The van der Waals surface area contributed by atoms with Gasteiger partial charge in [-0.1, -0.05) is 81.9 Å². The molecular weight excluding hydrogens is 573 g/mol. The van der Waals surface area contributed by atoms with Crippen LogP contribution in [0.5, 0.6) is 0 Å². The van der Waals surface area contributed by atoms with Gasteiger partial charge in [-0.2, -0.15) is 13.2 Å². The maximum absolute atomic E-state index is 13.5. The number of hydrogen-bond donors (Lipinski definition) is 0. The first-order valence-electron chi connectivity index (χ1n) is 12.1. The Labute approximate surface area is 240 Å². The van der Waals surface area contributed by atoms with Gasteiger partial charge < -0.3 is 0 Å². The van der Waals surface area contributed by atoms with Crippen molar-refractivity contribution in [3.05, 3.63) is 80.4 Å². The van der Waals surface area contributed by atoms with Crippen LogP contribution in [0, 0.1) is 0 Å². The van der Waals surface area contributed by atoms with Gasteiger partial charge in [0.1, 0.15) is 10.7 Å². The van der Waals surface area contributed by atoms with E-state index in [9.17, 15) is 18.0 Å². The Balaban J connectivity index is -0.000000727. The lowest BCUT2D eigenvalue weighted by Gasteiger charge is -2.14. The van der Waals surface area contributed by atoms with Gasteiger partial charge in [0.15, 0.2) is 5.78 Å². The number of carbonyl (C=O) groups is 1. The fraction of sp³-hybridized carbons (Fsp3) is 0.433. The summed E-state index contributed by atoms with van der Waals surface area (Å²) in [5.74, 6) is -0.420. The van der Waals surface area contributed by atoms with E-state index in [-0.39, 0.29) is 18.8 Å². The SMILES string of the molecule is C.C=CC(=C\C)/C(=C/C)/C=C(\C(C)=N/C(C(C)=O)=C(\C)Br)C(F)(F)F.CC.CC/C=C(\CC)c1nccs1. The Kier molecular flexibility index (Phi) is 22.8. The Morgan fingerprint density at radius 2 is 1.68 bits per heavy atom. The third-order valence-corrected chi connectivity index (χ3v) is 5.87. The summed E-state index contributed by atoms with van der Waals surface area (Å²) in [4.78, 5) is 19.7. The van der Waals surface area contributed by atoms with Crippen LogP contribution in [0.2, 0.25) is 0 Å². The number of nitrogens with zero attached hydrogens (tertiary/aromatic N) is 2. The van der Waals surface area contributed by atoms with Gasteiger partial charge in [-0.25, -0.2) is 9.98 Å². The summed E-state index contributed by atoms with van der Waals surface area (Å²) in [5.41, 5.74) is 1.08. The lowest BCUT2D eigenvalue weighted by molar-refractivity contribution is -0.113. The molecular formula is C30H44BrF3N2OS. The van der Waals surface area contributed by atoms with Crippen molar-refractivity contribution in [1.82, 2.24) is 4.98 Å². The van der Waals surface area contributed by atoms with Gasteiger partial charge in [0.25, 0.3) is 0 Å². The molecule has 1 rings (SSSR count). The summed E-state index contributed by atoms with van der Waals surface area (Å²) >= 11 is 4.81. The summed E-state index contributed by atoms with van der Waals surface area (Å²) < 4.78 is 40.7. The second-order valence-electron chi connectivity index (χ2n) is 7.21. The molecule has 0 spiro atoms. The van der Waals surface area contributed by atoms with E-state index >= 15 is 0 Å². The number of ketones is 1. The Morgan fingerprint density at radius 3 is 2.00 bits per heavy atom.